The van der Waals surface area contributed by atoms with E-state index in [4.69, 9.17) is 11.6 Å². The van der Waals surface area contributed by atoms with Crippen LogP contribution in [0.25, 0.3) is 0 Å². The van der Waals surface area contributed by atoms with E-state index < -0.39 is 0 Å². The Morgan fingerprint density at radius 3 is 2.83 bits per heavy atom. The van der Waals surface area contributed by atoms with E-state index in [1.807, 2.05) is 24.3 Å². The molecular weight excluding hydrogens is 317 g/mol. The Kier molecular flexibility index (Phi) is 4.25. The van der Waals surface area contributed by atoms with Crippen molar-refractivity contribution in [2.75, 3.05) is 5.32 Å². The Morgan fingerprint density at radius 1 is 1.28 bits per heavy atom. The molecule has 0 aromatic heterocycles. The molecule has 0 aliphatic carbocycles. The van der Waals surface area contributed by atoms with Crippen LogP contribution in [0.3, 0.4) is 0 Å². The first kappa shape index (κ1) is 13.4. The van der Waals surface area contributed by atoms with E-state index in [9.17, 15) is 4.39 Å². The van der Waals surface area contributed by atoms with Crippen molar-refractivity contribution in [3.05, 3.63) is 62.8 Å². The molecule has 0 atom stereocenters. The molecule has 0 radical (unpaired) electrons. The Morgan fingerprint density at radius 2 is 2.06 bits per heavy atom. The van der Waals surface area contributed by atoms with Crippen LogP contribution in [0.15, 0.2) is 40.9 Å². The number of anilines is 1. The molecule has 1 N–H and O–H groups in total. The standard InChI is InChI=1S/C14H12BrClFN/c1-9-13(17)3-2-4-14(9)18-8-10-7-11(15)5-6-12(10)16/h2-7,18H,8H2,1H3. The maximum absolute atomic E-state index is 13.4. The molecule has 18 heavy (non-hydrogen) atoms. The average Bonchev–Trinajstić information content (AvgIpc) is 2.35. The van der Waals surface area contributed by atoms with Gasteiger partial charge in [0.25, 0.3) is 0 Å². The molecule has 94 valence electrons. The van der Waals surface area contributed by atoms with E-state index in [2.05, 4.69) is 21.2 Å². The molecule has 0 spiro atoms. The second-order valence-corrected chi connectivity index (χ2v) is 5.32. The molecule has 0 heterocycles. The van der Waals surface area contributed by atoms with Gasteiger partial charge in [0.1, 0.15) is 5.82 Å². The summed E-state index contributed by atoms with van der Waals surface area (Å²) in [6.07, 6.45) is 0. The minimum absolute atomic E-state index is 0.208. The topological polar surface area (TPSA) is 12.0 Å². The highest BCUT2D eigenvalue weighted by atomic mass is 79.9. The third-order valence-corrected chi connectivity index (χ3v) is 3.61. The van der Waals surface area contributed by atoms with Gasteiger partial charge in [0.15, 0.2) is 0 Å². The molecule has 0 amide bonds. The average molecular weight is 329 g/mol. The summed E-state index contributed by atoms with van der Waals surface area (Å²) in [6, 6.07) is 10.7. The van der Waals surface area contributed by atoms with E-state index in [0.29, 0.717) is 17.1 Å². The summed E-state index contributed by atoms with van der Waals surface area (Å²) in [5, 5.41) is 3.89. The van der Waals surface area contributed by atoms with Crippen LogP contribution in [-0.2, 0) is 6.54 Å². The van der Waals surface area contributed by atoms with Crippen LogP contribution < -0.4 is 5.32 Å². The van der Waals surface area contributed by atoms with Crippen LogP contribution in [0.2, 0.25) is 5.02 Å². The maximum atomic E-state index is 13.4. The molecule has 0 saturated carbocycles. The Labute approximate surface area is 119 Å². The first-order valence-corrected chi connectivity index (χ1v) is 6.68. The zero-order valence-electron chi connectivity index (χ0n) is 9.81. The summed E-state index contributed by atoms with van der Waals surface area (Å²) < 4.78 is 14.3. The lowest BCUT2D eigenvalue weighted by molar-refractivity contribution is 0.619. The van der Waals surface area contributed by atoms with Crippen molar-refractivity contribution in [3.8, 4) is 0 Å². The van der Waals surface area contributed by atoms with Gasteiger partial charge < -0.3 is 5.32 Å². The molecule has 0 unspecified atom stereocenters. The van der Waals surface area contributed by atoms with Gasteiger partial charge in [-0.1, -0.05) is 33.6 Å². The molecule has 4 heteroatoms. The van der Waals surface area contributed by atoms with E-state index in [-0.39, 0.29) is 5.82 Å². The van der Waals surface area contributed by atoms with Crippen LogP contribution in [0.5, 0.6) is 0 Å². The van der Waals surface area contributed by atoms with Crippen molar-refractivity contribution >= 4 is 33.2 Å². The molecule has 0 bridgehead atoms. The molecule has 2 aromatic rings. The van der Waals surface area contributed by atoms with Gasteiger partial charge in [-0.15, -0.1) is 0 Å². The lowest BCUT2D eigenvalue weighted by atomic mass is 10.1. The highest BCUT2D eigenvalue weighted by molar-refractivity contribution is 9.10. The van der Waals surface area contributed by atoms with Crippen LogP contribution in [0, 0.1) is 12.7 Å². The van der Waals surface area contributed by atoms with Crippen LogP contribution >= 0.6 is 27.5 Å². The first-order chi connectivity index (χ1) is 8.58. The Hall–Kier alpha value is -1.06. The zero-order chi connectivity index (χ0) is 13.1. The molecule has 0 fully saturated rings. The largest absolute Gasteiger partial charge is 0.381 e. The zero-order valence-corrected chi connectivity index (χ0v) is 12.1. The summed E-state index contributed by atoms with van der Waals surface area (Å²) in [6.45, 7) is 2.31. The summed E-state index contributed by atoms with van der Waals surface area (Å²) in [7, 11) is 0. The SMILES string of the molecule is Cc1c(F)cccc1NCc1cc(Br)ccc1Cl. The second kappa shape index (κ2) is 5.72. The second-order valence-electron chi connectivity index (χ2n) is 4.00. The Bertz CT molecular complexity index is 570. The lowest BCUT2D eigenvalue weighted by Crippen LogP contribution is -2.02. The van der Waals surface area contributed by atoms with Crippen LogP contribution in [-0.4, -0.2) is 0 Å². The quantitative estimate of drug-likeness (QED) is 0.820. The maximum Gasteiger partial charge on any atom is 0.128 e. The van der Waals surface area contributed by atoms with E-state index in [0.717, 1.165) is 15.7 Å². The smallest absolute Gasteiger partial charge is 0.128 e. The molecule has 2 aromatic carbocycles. The molecule has 0 saturated heterocycles. The summed E-state index contributed by atoms with van der Waals surface area (Å²) in [5.74, 6) is -0.208. The third-order valence-electron chi connectivity index (χ3n) is 2.74. The number of hydrogen-bond acceptors (Lipinski definition) is 1. The van der Waals surface area contributed by atoms with Gasteiger partial charge in [-0.05, 0) is 42.8 Å². The minimum Gasteiger partial charge on any atom is -0.381 e. The molecule has 0 aliphatic heterocycles. The number of benzene rings is 2. The monoisotopic (exact) mass is 327 g/mol. The summed E-state index contributed by atoms with van der Waals surface area (Å²) >= 11 is 9.50. The fourth-order valence-electron chi connectivity index (χ4n) is 1.67. The number of halogens is 3. The summed E-state index contributed by atoms with van der Waals surface area (Å²) in [4.78, 5) is 0. The van der Waals surface area contributed by atoms with Gasteiger partial charge >= 0.3 is 0 Å². The number of nitrogens with one attached hydrogen (secondary N) is 1. The lowest BCUT2D eigenvalue weighted by Gasteiger charge is -2.11. The molecular formula is C14H12BrClFN. The van der Waals surface area contributed by atoms with E-state index in [1.165, 1.54) is 6.07 Å². The predicted molar refractivity (Wildman–Crippen MR) is 77.6 cm³/mol. The minimum atomic E-state index is -0.208. The van der Waals surface area contributed by atoms with Crippen LogP contribution in [0.1, 0.15) is 11.1 Å². The third kappa shape index (κ3) is 3.03. The van der Waals surface area contributed by atoms with Crippen LogP contribution in [0.4, 0.5) is 10.1 Å². The van der Waals surface area contributed by atoms with Gasteiger partial charge in [0.2, 0.25) is 0 Å². The van der Waals surface area contributed by atoms with Crippen molar-refractivity contribution < 1.29 is 4.39 Å². The predicted octanol–water partition coefficient (Wildman–Crippen LogP) is 5.16. The van der Waals surface area contributed by atoms with Gasteiger partial charge in [-0.3, -0.25) is 0 Å². The van der Waals surface area contributed by atoms with Crippen molar-refractivity contribution in [1.29, 1.82) is 0 Å². The van der Waals surface area contributed by atoms with Crippen molar-refractivity contribution in [2.24, 2.45) is 0 Å². The molecule has 0 aliphatic rings. The van der Waals surface area contributed by atoms with Gasteiger partial charge in [0.05, 0.1) is 0 Å². The Balaban J connectivity index is 2.16. The first-order valence-electron chi connectivity index (χ1n) is 5.51. The fourth-order valence-corrected chi connectivity index (χ4v) is 2.26. The van der Waals surface area contributed by atoms with Gasteiger partial charge in [-0.25, -0.2) is 4.39 Å². The number of rotatable bonds is 3. The number of hydrogen-bond donors (Lipinski definition) is 1. The van der Waals surface area contributed by atoms with Crippen molar-refractivity contribution in [2.45, 2.75) is 13.5 Å². The van der Waals surface area contributed by atoms with Gasteiger partial charge in [-0.2, -0.15) is 0 Å². The van der Waals surface area contributed by atoms with E-state index >= 15 is 0 Å². The van der Waals surface area contributed by atoms with E-state index in [1.54, 1.807) is 13.0 Å². The highest BCUT2D eigenvalue weighted by Gasteiger charge is 2.05. The van der Waals surface area contributed by atoms with Crippen molar-refractivity contribution in [3.63, 3.8) is 0 Å². The summed E-state index contributed by atoms with van der Waals surface area (Å²) in [5.41, 5.74) is 2.37. The van der Waals surface area contributed by atoms with Gasteiger partial charge in [0, 0.05) is 27.3 Å². The molecule has 2 rings (SSSR count). The molecule has 1 nitrogen and oxygen atoms in total. The van der Waals surface area contributed by atoms with Crippen molar-refractivity contribution in [1.82, 2.24) is 0 Å². The normalized spacial score (nSPS) is 10.4. The fraction of sp³-hybridized carbons (Fsp3) is 0.143. The highest BCUT2D eigenvalue weighted by Crippen LogP contribution is 2.23.